The van der Waals surface area contributed by atoms with Crippen molar-refractivity contribution in [2.24, 2.45) is 0 Å². The molecule has 0 unspecified atom stereocenters. The summed E-state index contributed by atoms with van der Waals surface area (Å²) in [6, 6.07) is 63.2. The van der Waals surface area contributed by atoms with E-state index >= 15 is 0 Å². The van der Waals surface area contributed by atoms with Gasteiger partial charge in [0.2, 0.25) is 0 Å². The van der Waals surface area contributed by atoms with Crippen LogP contribution in [0.5, 0.6) is 0 Å². The summed E-state index contributed by atoms with van der Waals surface area (Å²) in [5.41, 5.74) is 13.0. The lowest BCUT2D eigenvalue weighted by molar-refractivity contribution is 0.670. The molecular formula is C46H30N2O. The molecule has 0 radical (unpaired) electrons. The van der Waals surface area contributed by atoms with Crippen molar-refractivity contribution in [3.63, 3.8) is 0 Å². The highest BCUT2D eigenvalue weighted by Gasteiger charge is 2.22. The van der Waals surface area contributed by atoms with Crippen LogP contribution in [0.2, 0.25) is 0 Å². The smallest absolute Gasteiger partial charge is 0.160 e. The SMILES string of the molecule is c1ccc(-c2cc(-c3cc(-c4ccccc4)nc(-c4ccccc4)n3)c(-c3ccccc3)c(-c3cccc4c3oc3ccccc34)c2)cc1. The highest BCUT2D eigenvalue weighted by Crippen LogP contribution is 2.46. The van der Waals surface area contributed by atoms with Gasteiger partial charge in [0.15, 0.2) is 5.82 Å². The number of aromatic nitrogens is 2. The molecule has 3 nitrogen and oxygen atoms in total. The van der Waals surface area contributed by atoms with Crippen LogP contribution in [-0.4, -0.2) is 9.97 Å². The van der Waals surface area contributed by atoms with E-state index in [0.717, 1.165) is 83.4 Å². The average Bonchev–Trinajstić information content (AvgIpc) is 3.58. The van der Waals surface area contributed by atoms with Crippen LogP contribution in [0, 0.1) is 0 Å². The maximum Gasteiger partial charge on any atom is 0.160 e. The molecule has 0 atom stereocenters. The fraction of sp³-hybridized carbons (Fsp3) is 0. The van der Waals surface area contributed by atoms with Gasteiger partial charge in [-0.25, -0.2) is 9.97 Å². The Morgan fingerprint density at radius 1 is 0.347 bits per heavy atom. The molecule has 0 saturated heterocycles. The van der Waals surface area contributed by atoms with Gasteiger partial charge < -0.3 is 4.42 Å². The zero-order valence-corrected chi connectivity index (χ0v) is 26.6. The lowest BCUT2D eigenvalue weighted by atomic mass is 9.85. The number of para-hydroxylation sites is 2. The summed E-state index contributed by atoms with van der Waals surface area (Å²) in [5.74, 6) is 0.682. The first-order chi connectivity index (χ1) is 24.3. The lowest BCUT2D eigenvalue weighted by Crippen LogP contribution is -1.99. The summed E-state index contributed by atoms with van der Waals surface area (Å²) in [7, 11) is 0. The van der Waals surface area contributed by atoms with Gasteiger partial charge in [-0.3, -0.25) is 0 Å². The van der Waals surface area contributed by atoms with Crippen molar-refractivity contribution < 1.29 is 4.42 Å². The average molecular weight is 627 g/mol. The summed E-state index contributed by atoms with van der Waals surface area (Å²) in [4.78, 5) is 10.4. The molecule has 0 spiro atoms. The molecular weight excluding hydrogens is 597 g/mol. The van der Waals surface area contributed by atoms with Crippen molar-refractivity contribution in [1.29, 1.82) is 0 Å². The van der Waals surface area contributed by atoms with Crippen LogP contribution >= 0.6 is 0 Å². The third-order valence-electron chi connectivity index (χ3n) is 9.11. The van der Waals surface area contributed by atoms with Gasteiger partial charge in [-0.2, -0.15) is 0 Å². The van der Waals surface area contributed by atoms with E-state index < -0.39 is 0 Å². The van der Waals surface area contributed by atoms with Crippen molar-refractivity contribution >= 4 is 21.9 Å². The third-order valence-corrected chi connectivity index (χ3v) is 9.11. The van der Waals surface area contributed by atoms with Gasteiger partial charge in [-0.15, -0.1) is 0 Å². The molecule has 0 aliphatic heterocycles. The third kappa shape index (κ3) is 5.28. The van der Waals surface area contributed by atoms with E-state index in [1.807, 2.05) is 36.4 Å². The zero-order valence-electron chi connectivity index (χ0n) is 26.6. The minimum absolute atomic E-state index is 0.682. The van der Waals surface area contributed by atoms with Crippen molar-refractivity contribution in [3.05, 3.63) is 182 Å². The van der Waals surface area contributed by atoms with Gasteiger partial charge in [-0.1, -0.05) is 158 Å². The molecule has 0 aliphatic carbocycles. The van der Waals surface area contributed by atoms with E-state index in [2.05, 4.69) is 146 Å². The van der Waals surface area contributed by atoms with Crippen molar-refractivity contribution in [3.8, 4) is 67.3 Å². The van der Waals surface area contributed by atoms with E-state index in [-0.39, 0.29) is 0 Å². The summed E-state index contributed by atoms with van der Waals surface area (Å²) in [6.45, 7) is 0. The molecule has 3 heteroatoms. The normalized spacial score (nSPS) is 11.3. The van der Waals surface area contributed by atoms with Crippen molar-refractivity contribution in [2.45, 2.75) is 0 Å². The molecule has 2 aromatic heterocycles. The minimum Gasteiger partial charge on any atom is -0.455 e. The zero-order chi connectivity index (χ0) is 32.6. The second kappa shape index (κ2) is 12.2. The molecule has 230 valence electrons. The molecule has 0 saturated carbocycles. The molecule has 49 heavy (non-hydrogen) atoms. The van der Waals surface area contributed by atoms with Gasteiger partial charge in [-0.05, 0) is 52.1 Å². The largest absolute Gasteiger partial charge is 0.455 e. The van der Waals surface area contributed by atoms with Crippen LogP contribution in [-0.2, 0) is 0 Å². The second-order valence-corrected chi connectivity index (χ2v) is 12.2. The van der Waals surface area contributed by atoms with Crippen molar-refractivity contribution in [2.75, 3.05) is 0 Å². The first-order valence-electron chi connectivity index (χ1n) is 16.5. The number of fused-ring (bicyclic) bond motifs is 3. The Bertz CT molecular complexity index is 2520. The van der Waals surface area contributed by atoms with E-state index in [4.69, 9.17) is 14.4 Å². The van der Waals surface area contributed by atoms with Gasteiger partial charge >= 0.3 is 0 Å². The summed E-state index contributed by atoms with van der Waals surface area (Å²) in [5, 5.41) is 2.20. The number of benzene rings is 7. The Morgan fingerprint density at radius 3 is 1.61 bits per heavy atom. The Kier molecular flexibility index (Phi) is 7.14. The maximum atomic E-state index is 6.65. The standard InChI is InChI=1S/C46H30N2O/c1-5-16-31(17-6-1)35-28-39(38-26-15-25-37-36-24-13-14-27-43(36)49-45(37)38)44(33-20-9-3-10-21-33)40(29-35)42-30-41(32-18-7-2-8-19-32)47-46(48-42)34-22-11-4-12-23-34/h1-30H. The molecule has 0 N–H and O–H groups in total. The molecule has 0 aliphatic rings. The Hall–Kier alpha value is -6.58. The molecule has 0 amide bonds. The fourth-order valence-corrected chi connectivity index (χ4v) is 6.79. The molecule has 9 rings (SSSR count). The quantitative estimate of drug-likeness (QED) is 0.184. The Morgan fingerprint density at radius 2 is 0.898 bits per heavy atom. The van der Waals surface area contributed by atoms with Gasteiger partial charge in [0.1, 0.15) is 11.2 Å². The lowest BCUT2D eigenvalue weighted by Gasteiger charge is -2.19. The number of rotatable bonds is 6. The number of furan rings is 1. The minimum atomic E-state index is 0.682. The Balaban J connectivity index is 1.41. The molecule has 0 bridgehead atoms. The topological polar surface area (TPSA) is 38.9 Å². The first-order valence-corrected chi connectivity index (χ1v) is 16.5. The predicted molar refractivity (Wildman–Crippen MR) is 202 cm³/mol. The summed E-state index contributed by atoms with van der Waals surface area (Å²) >= 11 is 0. The van der Waals surface area contributed by atoms with Crippen molar-refractivity contribution in [1.82, 2.24) is 9.97 Å². The van der Waals surface area contributed by atoms with Gasteiger partial charge in [0, 0.05) is 33.0 Å². The fourth-order valence-electron chi connectivity index (χ4n) is 6.79. The van der Waals surface area contributed by atoms with E-state index in [0.29, 0.717) is 5.82 Å². The van der Waals surface area contributed by atoms with E-state index in [1.165, 1.54) is 0 Å². The predicted octanol–water partition coefficient (Wildman–Crippen LogP) is 12.4. The molecule has 9 aromatic rings. The molecule has 7 aromatic carbocycles. The second-order valence-electron chi connectivity index (χ2n) is 12.2. The van der Waals surface area contributed by atoms with Crippen LogP contribution in [0.25, 0.3) is 89.2 Å². The van der Waals surface area contributed by atoms with E-state index in [1.54, 1.807) is 0 Å². The van der Waals surface area contributed by atoms with Crippen LogP contribution < -0.4 is 0 Å². The van der Waals surface area contributed by atoms with Gasteiger partial charge in [0.05, 0.1) is 11.4 Å². The maximum absolute atomic E-state index is 6.65. The van der Waals surface area contributed by atoms with Crippen LogP contribution in [0.4, 0.5) is 0 Å². The Labute approximate surface area is 284 Å². The summed E-state index contributed by atoms with van der Waals surface area (Å²) < 4.78 is 6.65. The van der Waals surface area contributed by atoms with Gasteiger partial charge in [0.25, 0.3) is 0 Å². The van der Waals surface area contributed by atoms with Crippen LogP contribution in [0.15, 0.2) is 186 Å². The molecule has 0 fully saturated rings. The monoisotopic (exact) mass is 626 g/mol. The highest BCUT2D eigenvalue weighted by molar-refractivity contribution is 6.12. The first kappa shape index (κ1) is 28.6. The number of hydrogen-bond donors (Lipinski definition) is 0. The number of hydrogen-bond acceptors (Lipinski definition) is 3. The van der Waals surface area contributed by atoms with Crippen LogP contribution in [0.3, 0.4) is 0 Å². The highest BCUT2D eigenvalue weighted by atomic mass is 16.3. The van der Waals surface area contributed by atoms with E-state index in [9.17, 15) is 0 Å². The summed E-state index contributed by atoms with van der Waals surface area (Å²) in [6.07, 6.45) is 0. The molecule has 2 heterocycles. The van der Waals surface area contributed by atoms with Crippen LogP contribution in [0.1, 0.15) is 0 Å². The number of nitrogens with zero attached hydrogens (tertiary/aromatic N) is 2.